The van der Waals surface area contributed by atoms with E-state index in [0.29, 0.717) is 0 Å². The molecule has 0 aliphatic carbocycles. The normalized spacial score (nSPS) is 9.59. The number of hydrogen-bond donors (Lipinski definition) is 2. The Bertz CT molecular complexity index is 462. The predicted molar refractivity (Wildman–Crippen MR) is 57.7 cm³/mol. The van der Waals surface area contributed by atoms with Crippen molar-refractivity contribution in [3.63, 3.8) is 0 Å². The van der Waals surface area contributed by atoms with Gasteiger partial charge in [0.05, 0.1) is 25.5 Å². The summed E-state index contributed by atoms with van der Waals surface area (Å²) in [6.45, 7) is 0. The first kappa shape index (κ1) is 12.8. The van der Waals surface area contributed by atoms with Crippen molar-refractivity contribution in [3.8, 4) is 11.5 Å². The summed E-state index contributed by atoms with van der Waals surface area (Å²) in [5.41, 5.74) is 4.53. The van der Waals surface area contributed by atoms with Crippen molar-refractivity contribution in [2.24, 2.45) is 5.73 Å². The van der Waals surface area contributed by atoms with Gasteiger partial charge in [-0.1, -0.05) is 0 Å². The van der Waals surface area contributed by atoms with E-state index in [1.165, 1.54) is 20.3 Å². The van der Waals surface area contributed by atoms with Gasteiger partial charge in [-0.05, 0) is 6.07 Å². The van der Waals surface area contributed by atoms with Crippen molar-refractivity contribution in [2.75, 3.05) is 19.5 Å². The summed E-state index contributed by atoms with van der Waals surface area (Å²) in [5.74, 6) is -2.03. The summed E-state index contributed by atoms with van der Waals surface area (Å²) in [5, 5.41) is 2.06. The van der Waals surface area contributed by atoms with E-state index in [2.05, 4.69) is 5.32 Å². The lowest BCUT2D eigenvalue weighted by molar-refractivity contribution is -0.105. The molecule has 7 heteroatoms. The minimum absolute atomic E-state index is 0.00949. The summed E-state index contributed by atoms with van der Waals surface area (Å²) in [7, 11) is 2.52. The highest BCUT2D eigenvalue weighted by Crippen LogP contribution is 2.37. The number of methoxy groups -OCH3 is 2. The van der Waals surface area contributed by atoms with Crippen LogP contribution in [0.5, 0.6) is 11.5 Å². The van der Waals surface area contributed by atoms with Gasteiger partial charge in [0.2, 0.25) is 6.41 Å². The van der Waals surface area contributed by atoms with E-state index >= 15 is 0 Å². The van der Waals surface area contributed by atoms with Crippen LogP contribution < -0.4 is 20.5 Å². The lowest BCUT2D eigenvalue weighted by atomic mass is 10.1. The van der Waals surface area contributed by atoms with E-state index in [4.69, 9.17) is 15.2 Å². The molecule has 0 unspecified atom stereocenters. The van der Waals surface area contributed by atoms with Crippen molar-refractivity contribution in [3.05, 3.63) is 17.4 Å². The molecule has 0 saturated heterocycles. The number of primary amides is 1. The fourth-order valence-electron chi connectivity index (χ4n) is 1.34. The van der Waals surface area contributed by atoms with E-state index in [0.717, 1.165) is 0 Å². The maximum Gasteiger partial charge on any atom is 0.251 e. The predicted octanol–water partition coefficient (Wildman–Crippen LogP) is 0.510. The van der Waals surface area contributed by atoms with Crippen LogP contribution in [-0.4, -0.2) is 26.5 Å². The molecule has 92 valence electrons. The second-order valence-corrected chi connectivity index (χ2v) is 2.98. The minimum atomic E-state index is -0.923. The number of hydrogen-bond acceptors (Lipinski definition) is 4. The number of carbonyl (C=O) groups is 2. The highest BCUT2D eigenvalue weighted by atomic mass is 19.1. The average Bonchev–Trinajstić information content (AvgIpc) is 2.30. The molecule has 6 nitrogen and oxygen atoms in total. The average molecular weight is 242 g/mol. The van der Waals surface area contributed by atoms with Gasteiger partial charge < -0.3 is 20.5 Å². The number of carbonyl (C=O) groups excluding carboxylic acids is 2. The molecule has 17 heavy (non-hydrogen) atoms. The quantitative estimate of drug-likeness (QED) is 0.736. The van der Waals surface area contributed by atoms with E-state index in [1.807, 2.05) is 0 Å². The SMILES string of the molecule is COc1cc(C(N)=O)c(NC=O)c(F)c1OC. The Hall–Kier alpha value is -2.31. The molecule has 0 aliphatic rings. The summed E-state index contributed by atoms with van der Waals surface area (Å²) in [6.07, 6.45) is 0.233. The van der Waals surface area contributed by atoms with E-state index in [1.54, 1.807) is 0 Å². The van der Waals surface area contributed by atoms with Gasteiger partial charge in [-0.2, -0.15) is 0 Å². The topological polar surface area (TPSA) is 90.6 Å². The first-order chi connectivity index (χ1) is 8.06. The van der Waals surface area contributed by atoms with Gasteiger partial charge in [-0.3, -0.25) is 9.59 Å². The second kappa shape index (κ2) is 5.15. The Balaban J connectivity index is 3.54. The molecule has 1 rings (SSSR count). The number of benzene rings is 1. The van der Waals surface area contributed by atoms with Crippen LogP contribution in [0.2, 0.25) is 0 Å². The number of halogens is 1. The zero-order valence-corrected chi connectivity index (χ0v) is 9.24. The fraction of sp³-hybridized carbons (Fsp3) is 0.200. The van der Waals surface area contributed by atoms with Crippen LogP contribution in [-0.2, 0) is 4.79 Å². The van der Waals surface area contributed by atoms with Crippen LogP contribution >= 0.6 is 0 Å². The van der Waals surface area contributed by atoms with Crippen LogP contribution in [0.3, 0.4) is 0 Å². The third-order valence-electron chi connectivity index (χ3n) is 2.08. The van der Waals surface area contributed by atoms with Crippen LogP contribution in [0.1, 0.15) is 10.4 Å². The van der Waals surface area contributed by atoms with Gasteiger partial charge in [0.15, 0.2) is 17.3 Å². The summed E-state index contributed by atoms with van der Waals surface area (Å²) >= 11 is 0. The highest BCUT2D eigenvalue weighted by Gasteiger charge is 2.22. The second-order valence-electron chi connectivity index (χ2n) is 2.98. The molecule has 0 atom stereocenters. The number of amides is 2. The van der Waals surface area contributed by atoms with Gasteiger partial charge in [-0.15, -0.1) is 0 Å². The monoisotopic (exact) mass is 242 g/mol. The number of anilines is 1. The molecule has 0 saturated carbocycles. The van der Waals surface area contributed by atoms with E-state index in [-0.39, 0.29) is 29.2 Å². The molecule has 3 N–H and O–H groups in total. The fourth-order valence-corrected chi connectivity index (χ4v) is 1.34. The Morgan fingerprint density at radius 2 is 2.12 bits per heavy atom. The molecule has 0 spiro atoms. The van der Waals surface area contributed by atoms with E-state index < -0.39 is 11.7 Å². The van der Waals surface area contributed by atoms with Gasteiger partial charge in [0.25, 0.3) is 5.91 Å². The maximum absolute atomic E-state index is 13.9. The molecular formula is C10H11FN2O4. The zero-order valence-electron chi connectivity index (χ0n) is 9.24. The third-order valence-corrected chi connectivity index (χ3v) is 2.08. The minimum Gasteiger partial charge on any atom is -0.493 e. The first-order valence-electron chi connectivity index (χ1n) is 4.51. The molecule has 1 aromatic carbocycles. The number of rotatable bonds is 5. The smallest absolute Gasteiger partial charge is 0.251 e. The van der Waals surface area contributed by atoms with Crippen LogP contribution in [0.4, 0.5) is 10.1 Å². The lowest BCUT2D eigenvalue weighted by Gasteiger charge is -2.14. The number of ether oxygens (including phenoxy) is 2. The molecule has 0 aliphatic heterocycles. The van der Waals surface area contributed by atoms with Crippen molar-refractivity contribution < 1.29 is 23.5 Å². The Kier molecular flexibility index (Phi) is 3.86. The van der Waals surface area contributed by atoms with Crippen molar-refractivity contribution in [1.29, 1.82) is 0 Å². The largest absolute Gasteiger partial charge is 0.493 e. The van der Waals surface area contributed by atoms with Crippen LogP contribution in [0.15, 0.2) is 6.07 Å². The third kappa shape index (κ3) is 2.27. The zero-order chi connectivity index (χ0) is 13.0. The summed E-state index contributed by atoms with van der Waals surface area (Å²) in [6, 6.07) is 1.19. The molecule has 1 aromatic rings. The molecule has 0 bridgehead atoms. The Morgan fingerprint density at radius 1 is 1.47 bits per heavy atom. The molecule has 2 amide bonds. The summed E-state index contributed by atoms with van der Waals surface area (Å²) < 4.78 is 23.5. The molecule has 0 aromatic heterocycles. The van der Waals surface area contributed by atoms with Crippen LogP contribution in [0, 0.1) is 5.82 Å². The Labute approximate surface area is 96.5 Å². The molecule has 0 fully saturated rings. The van der Waals surface area contributed by atoms with Crippen LogP contribution in [0.25, 0.3) is 0 Å². The maximum atomic E-state index is 13.9. The van der Waals surface area contributed by atoms with Crippen molar-refractivity contribution in [2.45, 2.75) is 0 Å². The van der Waals surface area contributed by atoms with Crippen molar-refractivity contribution >= 4 is 18.0 Å². The molecular weight excluding hydrogens is 231 g/mol. The number of nitrogens with one attached hydrogen (secondary N) is 1. The van der Waals surface area contributed by atoms with Gasteiger partial charge in [0.1, 0.15) is 0 Å². The first-order valence-corrected chi connectivity index (χ1v) is 4.51. The Morgan fingerprint density at radius 3 is 2.53 bits per heavy atom. The lowest BCUT2D eigenvalue weighted by Crippen LogP contribution is -2.16. The van der Waals surface area contributed by atoms with Gasteiger partial charge in [0, 0.05) is 0 Å². The molecule has 0 heterocycles. The molecule has 0 radical (unpaired) electrons. The van der Waals surface area contributed by atoms with E-state index in [9.17, 15) is 14.0 Å². The standard InChI is InChI=1S/C10H11FN2O4/c1-16-6-3-5(10(12)15)8(13-4-14)7(11)9(6)17-2/h3-4H,1-2H3,(H2,12,15)(H,13,14). The van der Waals surface area contributed by atoms with Crippen molar-refractivity contribution in [1.82, 2.24) is 0 Å². The number of nitrogens with two attached hydrogens (primary N) is 1. The van der Waals surface area contributed by atoms with Gasteiger partial charge >= 0.3 is 0 Å². The van der Waals surface area contributed by atoms with Gasteiger partial charge in [-0.25, -0.2) is 4.39 Å². The highest BCUT2D eigenvalue weighted by molar-refractivity contribution is 6.01. The summed E-state index contributed by atoms with van der Waals surface area (Å²) in [4.78, 5) is 21.5.